The molecular formula is C13H20O2Si. The zero-order chi connectivity index (χ0) is 12.0. The minimum absolute atomic E-state index is 0.454. The van der Waals surface area contributed by atoms with Crippen LogP contribution in [0.15, 0.2) is 42.9 Å². The van der Waals surface area contributed by atoms with Crippen molar-refractivity contribution in [3.05, 3.63) is 48.4 Å². The number of ether oxygens (including phenoxy) is 1. The molecule has 0 heterocycles. The summed E-state index contributed by atoms with van der Waals surface area (Å²) >= 11 is 0. The summed E-state index contributed by atoms with van der Waals surface area (Å²) in [6, 6.07) is 10.3. The molecule has 0 fully saturated rings. The average molecular weight is 236 g/mol. The van der Waals surface area contributed by atoms with Gasteiger partial charge in [0.05, 0.1) is 6.61 Å². The van der Waals surface area contributed by atoms with Gasteiger partial charge in [-0.15, -0.1) is 0 Å². The summed E-state index contributed by atoms with van der Waals surface area (Å²) in [5.41, 5.74) is 1.27. The number of benzene rings is 1. The smallest absolute Gasteiger partial charge is 0.257 e. The van der Waals surface area contributed by atoms with E-state index in [0.717, 1.165) is 6.42 Å². The van der Waals surface area contributed by atoms with Crippen LogP contribution in [0.25, 0.3) is 0 Å². The molecule has 0 aliphatic carbocycles. The van der Waals surface area contributed by atoms with Crippen LogP contribution in [0, 0.1) is 0 Å². The van der Waals surface area contributed by atoms with Crippen molar-refractivity contribution in [1.29, 1.82) is 0 Å². The zero-order valence-electron chi connectivity index (χ0n) is 10.3. The molecule has 0 radical (unpaired) electrons. The quantitative estimate of drug-likeness (QED) is 0.555. The summed E-state index contributed by atoms with van der Waals surface area (Å²) in [5.74, 6) is 0.454. The normalized spacial score (nSPS) is 10.9. The molecule has 16 heavy (non-hydrogen) atoms. The molecule has 88 valence electrons. The van der Waals surface area contributed by atoms with Gasteiger partial charge in [-0.2, -0.15) is 0 Å². The molecule has 0 aromatic heterocycles. The van der Waals surface area contributed by atoms with Crippen LogP contribution in [0.4, 0.5) is 0 Å². The Hall–Kier alpha value is -1.22. The number of rotatable bonds is 6. The Balaban J connectivity index is 2.24. The van der Waals surface area contributed by atoms with Gasteiger partial charge in [0.15, 0.2) is 0 Å². The fraction of sp³-hybridized carbons (Fsp3) is 0.385. The fourth-order valence-electron chi connectivity index (χ4n) is 1.30. The Morgan fingerprint density at radius 2 is 1.81 bits per heavy atom. The van der Waals surface area contributed by atoms with E-state index in [-0.39, 0.29) is 0 Å². The molecule has 3 heteroatoms. The second-order valence-electron chi connectivity index (χ2n) is 4.67. The molecule has 1 rings (SSSR count). The second kappa shape index (κ2) is 5.75. The Morgan fingerprint density at radius 3 is 2.38 bits per heavy atom. The highest BCUT2D eigenvalue weighted by atomic mass is 28.4. The molecule has 0 spiro atoms. The van der Waals surface area contributed by atoms with Gasteiger partial charge in [0.2, 0.25) is 8.32 Å². The highest BCUT2D eigenvalue weighted by Gasteiger charge is 2.17. The Morgan fingerprint density at radius 1 is 1.19 bits per heavy atom. The van der Waals surface area contributed by atoms with Crippen molar-refractivity contribution in [3.63, 3.8) is 0 Å². The van der Waals surface area contributed by atoms with Gasteiger partial charge < -0.3 is 9.16 Å². The van der Waals surface area contributed by atoms with Crippen molar-refractivity contribution < 1.29 is 9.16 Å². The van der Waals surface area contributed by atoms with Gasteiger partial charge in [-0.25, -0.2) is 0 Å². The first kappa shape index (κ1) is 12.8. The summed E-state index contributed by atoms with van der Waals surface area (Å²) < 4.78 is 11.0. The Kier molecular flexibility index (Phi) is 4.62. The summed E-state index contributed by atoms with van der Waals surface area (Å²) in [6.07, 6.45) is 0.884. The highest BCUT2D eigenvalue weighted by Crippen LogP contribution is 2.10. The van der Waals surface area contributed by atoms with Crippen molar-refractivity contribution in [2.45, 2.75) is 26.1 Å². The maximum Gasteiger partial charge on any atom is 0.257 e. The van der Waals surface area contributed by atoms with E-state index in [2.05, 4.69) is 38.4 Å². The highest BCUT2D eigenvalue weighted by molar-refractivity contribution is 6.69. The molecule has 0 saturated carbocycles. The van der Waals surface area contributed by atoms with Crippen LogP contribution in [0.5, 0.6) is 0 Å². The molecule has 0 atom stereocenters. The van der Waals surface area contributed by atoms with Crippen LogP contribution < -0.4 is 0 Å². The largest absolute Gasteiger partial charge is 0.520 e. The van der Waals surface area contributed by atoms with Gasteiger partial charge in [0, 0.05) is 6.42 Å². The Labute approximate surface area is 99.0 Å². The van der Waals surface area contributed by atoms with Crippen molar-refractivity contribution in [3.8, 4) is 0 Å². The lowest BCUT2D eigenvalue weighted by Gasteiger charge is -2.20. The molecule has 0 N–H and O–H groups in total. The third kappa shape index (κ3) is 5.61. The summed E-state index contributed by atoms with van der Waals surface area (Å²) in [4.78, 5) is 0. The molecule has 0 aliphatic rings. The lowest BCUT2D eigenvalue weighted by atomic mass is 10.2. The minimum Gasteiger partial charge on any atom is -0.520 e. The first-order chi connectivity index (χ1) is 7.47. The zero-order valence-corrected chi connectivity index (χ0v) is 11.3. The predicted molar refractivity (Wildman–Crippen MR) is 69.7 cm³/mol. The predicted octanol–water partition coefficient (Wildman–Crippen LogP) is 3.57. The van der Waals surface area contributed by atoms with Gasteiger partial charge in [0.1, 0.15) is 0 Å². The van der Waals surface area contributed by atoms with Gasteiger partial charge in [-0.3, -0.25) is 0 Å². The summed E-state index contributed by atoms with van der Waals surface area (Å²) in [7, 11) is -1.57. The van der Waals surface area contributed by atoms with Crippen LogP contribution in [-0.4, -0.2) is 14.9 Å². The second-order valence-corrected chi connectivity index (χ2v) is 9.10. The van der Waals surface area contributed by atoms with E-state index in [4.69, 9.17) is 9.16 Å². The van der Waals surface area contributed by atoms with Gasteiger partial charge >= 0.3 is 0 Å². The molecule has 0 amide bonds. The molecule has 2 nitrogen and oxygen atoms in total. The molecule has 1 aromatic carbocycles. The minimum atomic E-state index is -1.57. The lowest BCUT2D eigenvalue weighted by molar-refractivity contribution is 0.107. The maximum absolute atomic E-state index is 5.60. The van der Waals surface area contributed by atoms with Crippen LogP contribution in [0.1, 0.15) is 5.56 Å². The van der Waals surface area contributed by atoms with Crippen molar-refractivity contribution >= 4 is 8.32 Å². The SMILES string of the molecule is C=C(OCCc1ccccc1)O[Si](C)(C)C. The van der Waals surface area contributed by atoms with Crippen LogP contribution in [-0.2, 0) is 15.6 Å². The van der Waals surface area contributed by atoms with Crippen molar-refractivity contribution in [2.24, 2.45) is 0 Å². The summed E-state index contributed by atoms with van der Waals surface area (Å²) in [6.45, 7) is 10.7. The average Bonchev–Trinajstić information content (AvgIpc) is 2.16. The molecule has 1 aromatic rings. The van der Waals surface area contributed by atoms with E-state index in [0.29, 0.717) is 12.6 Å². The van der Waals surface area contributed by atoms with E-state index in [9.17, 15) is 0 Å². The topological polar surface area (TPSA) is 18.5 Å². The molecule has 0 unspecified atom stereocenters. The van der Waals surface area contributed by atoms with E-state index in [1.165, 1.54) is 5.56 Å². The van der Waals surface area contributed by atoms with Crippen molar-refractivity contribution in [1.82, 2.24) is 0 Å². The van der Waals surface area contributed by atoms with Gasteiger partial charge in [-0.1, -0.05) is 30.3 Å². The van der Waals surface area contributed by atoms with Crippen LogP contribution >= 0.6 is 0 Å². The fourth-order valence-corrected chi connectivity index (χ4v) is 2.04. The lowest BCUT2D eigenvalue weighted by Crippen LogP contribution is -2.25. The van der Waals surface area contributed by atoms with E-state index < -0.39 is 8.32 Å². The standard InChI is InChI=1S/C13H20O2Si/c1-12(15-16(2,3)4)14-11-10-13-8-6-5-7-9-13/h5-9H,1,10-11H2,2-4H3. The monoisotopic (exact) mass is 236 g/mol. The molecular weight excluding hydrogens is 216 g/mol. The molecule has 0 saturated heterocycles. The van der Waals surface area contributed by atoms with Crippen LogP contribution in [0.3, 0.4) is 0 Å². The van der Waals surface area contributed by atoms with Gasteiger partial charge in [0.25, 0.3) is 5.95 Å². The first-order valence-corrected chi connectivity index (χ1v) is 8.93. The summed E-state index contributed by atoms with van der Waals surface area (Å²) in [5, 5.41) is 0. The first-order valence-electron chi connectivity index (χ1n) is 5.52. The molecule has 0 bridgehead atoms. The molecule has 0 aliphatic heterocycles. The third-order valence-electron chi connectivity index (χ3n) is 1.92. The maximum atomic E-state index is 5.60. The van der Waals surface area contributed by atoms with E-state index in [1.807, 2.05) is 18.2 Å². The van der Waals surface area contributed by atoms with E-state index in [1.54, 1.807) is 0 Å². The van der Waals surface area contributed by atoms with Gasteiger partial charge in [-0.05, 0) is 31.8 Å². The van der Waals surface area contributed by atoms with Crippen LogP contribution in [0.2, 0.25) is 19.6 Å². The number of hydrogen-bond acceptors (Lipinski definition) is 2. The third-order valence-corrected chi connectivity index (χ3v) is 2.76. The van der Waals surface area contributed by atoms with E-state index >= 15 is 0 Å². The Bertz CT molecular complexity index is 328. The van der Waals surface area contributed by atoms with Crippen molar-refractivity contribution in [2.75, 3.05) is 6.61 Å². The number of hydrogen-bond donors (Lipinski definition) is 0.